The molecular weight excluding hydrogens is 218 g/mol. The van der Waals surface area contributed by atoms with Gasteiger partial charge in [0.25, 0.3) is 0 Å². The van der Waals surface area contributed by atoms with Gasteiger partial charge in [-0.1, -0.05) is 0 Å². The SMILES string of the molecule is Cc1c(N)cc(C(=O)OC(C)(C)C)cc1C=O. The van der Waals surface area contributed by atoms with Crippen LogP contribution in [-0.4, -0.2) is 17.9 Å². The number of ether oxygens (including phenoxy) is 1. The lowest BCUT2D eigenvalue weighted by Gasteiger charge is -2.20. The Morgan fingerprint density at radius 1 is 1.35 bits per heavy atom. The molecule has 1 aromatic carbocycles. The second-order valence-electron chi connectivity index (χ2n) is 4.90. The van der Waals surface area contributed by atoms with Gasteiger partial charge in [-0.3, -0.25) is 4.79 Å². The predicted molar refractivity (Wildman–Crippen MR) is 66.1 cm³/mol. The molecule has 0 atom stereocenters. The van der Waals surface area contributed by atoms with Crippen LogP contribution in [0.2, 0.25) is 0 Å². The Labute approximate surface area is 101 Å². The fourth-order valence-corrected chi connectivity index (χ4v) is 1.34. The number of carbonyl (C=O) groups excluding carboxylic acids is 2. The molecule has 0 saturated heterocycles. The van der Waals surface area contributed by atoms with E-state index in [1.807, 2.05) is 0 Å². The van der Waals surface area contributed by atoms with Crippen molar-refractivity contribution < 1.29 is 14.3 Å². The van der Waals surface area contributed by atoms with Gasteiger partial charge in [-0.2, -0.15) is 0 Å². The highest BCUT2D eigenvalue weighted by Crippen LogP contribution is 2.20. The Hall–Kier alpha value is -1.84. The molecule has 0 aliphatic heterocycles. The highest BCUT2D eigenvalue weighted by Gasteiger charge is 2.19. The first-order chi connectivity index (χ1) is 7.74. The summed E-state index contributed by atoms with van der Waals surface area (Å²) in [5, 5.41) is 0. The zero-order chi connectivity index (χ0) is 13.2. The molecule has 0 bridgehead atoms. The minimum atomic E-state index is -0.571. The van der Waals surface area contributed by atoms with Crippen LogP contribution in [0.3, 0.4) is 0 Å². The van der Waals surface area contributed by atoms with Crippen LogP contribution in [0.4, 0.5) is 5.69 Å². The number of nitrogen functional groups attached to an aromatic ring is 1. The Kier molecular flexibility index (Phi) is 3.56. The Morgan fingerprint density at radius 2 is 1.94 bits per heavy atom. The van der Waals surface area contributed by atoms with Crippen molar-refractivity contribution in [3.63, 3.8) is 0 Å². The van der Waals surface area contributed by atoms with Gasteiger partial charge in [-0.25, -0.2) is 4.79 Å². The van der Waals surface area contributed by atoms with E-state index in [4.69, 9.17) is 10.5 Å². The molecule has 0 aromatic heterocycles. The standard InChI is InChI=1S/C13H17NO3/c1-8-10(7-15)5-9(6-11(8)14)12(16)17-13(2,3)4/h5-7H,14H2,1-4H3. The molecule has 0 heterocycles. The summed E-state index contributed by atoms with van der Waals surface area (Å²) in [5.41, 5.74) is 6.95. The summed E-state index contributed by atoms with van der Waals surface area (Å²) >= 11 is 0. The fourth-order valence-electron chi connectivity index (χ4n) is 1.34. The van der Waals surface area contributed by atoms with Gasteiger partial charge in [-0.15, -0.1) is 0 Å². The summed E-state index contributed by atoms with van der Waals surface area (Å²) in [7, 11) is 0. The van der Waals surface area contributed by atoms with Crippen molar-refractivity contribution >= 4 is 17.9 Å². The molecule has 17 heavy (non-hydrogen) atoms. The van der Waals surface area contributed by atoms with Gasteiger partial charge in [-0.05, 0) is 45.4 Å². The van der Waals surface area contributed by atoms with Gasteiger partial charge < -0.3 is 10.5 Å². The van der Waals surface area contributed by atoms with Gasteiger partial charge in [0.2, 0.25) is 0 Å². The molecule has 1 rings (SSSR count). The summed E-state index contributed by atoms with van der Waals surface area (Å²) in [6, 6.07) is 3.02. The smallest absolute Gasteiger partial charge is 0.338 e. The van der Waals surface area contributed by atoms with E-state index < -0.39 is 11.6 Å². The molecule has 0 saturated carbocycles. The maximum absolute atomic E-state index is 11.8. The monoisotopic (exact) mass is 235 g/mol. The number of carbonyl (C=O) groups is 2. The molecule has 0 amide bonds. The van der Waals surface area contributed by atoms with E-state index in [1.54, 1.807) is 27.7 Å². The third-order valence-electron chi connectivity index (χ3n) is 2.25. The van der Waals surface area contributed by atoms with Crippen LogP contribution in [0.25, 0.3) is 0 Å². The number of aldehydes is 1. The molecule has 92 valence electrons. The third-order valence-corrected chi connectivity index (χ3v) is 2.25. The molecule has 1 aromatic rings. The second-order valence-corrected chi connectivity index (χ2v) is 4.90. The molecule has 0 unspecified atom stereocenters. The zero-order valence-corrected chi connectivity index (χ0v) is 10.5. The topological polar surface area (TPSA) is 69.4 Å². The molecule has 0 fully saturated rings. The lowest BCUT2D eigenvalue weighted by molar-refractivity contribution is 0.00696. The average Bonchev–Trinajstić information content (AvgIpc) is 2.19. The minimum absolute atomic E-state index is 0.296. The van der Waals surface area contributed by atoms with Crippen LogP contribution in [0, 0.1) is 6.92 Å². The zero-order valence-electron chi connectivity index (χ0n) is 10.5. The van der Waals surface area contributed by atoms with Crippen molar-refractivity contribution in [1.29, 1.82) is 0 Å². The summed E-state index contributed by atoms with van der Waals surface area (Å²) in [4.78, 5) is 22.6. The van der Waals surface area contributed by atoms with Gasteiger partial charge in [0, 0.05) is 11.3 Å². The Bertz CT molecular complexity index is 458. The fraction of sp³-hybridized carbons (Fsp3) is 0.385. The minimum Gasteiger partial charge on any atom is -0.456 e. The van der Waals surface area contributed by atoms with E-state index in [0.29, 0.717) is 28.7 Å². The van der Waals surface area contributed by atoms with E-state index >= 15 is 0 Å². The van der Waals surface area contributed by atoms with E-state index in [9.17, 15) is 9.59 Å². The second kappa shape index (κ2) is 4.57. The highest BCUT2D eigenvalue weighted by molar-refractivity contribution is 5.94. The van der Waals surface area contributed by atoms with Crippen molar-refractivity contribution in [2.45, 2.75) is 33.3 Å². The first kappa shape index (κ1) is 13.2. The molecule has 2 N–H and O–H groups in total. The van der Waals surface area contributed by atoms with Crippen molar-refractivity contribution in [2.24, 2.45) is 0 Å². The Morgan fingerprint density at radius 3 is 2.41 bits per heavy atom. The van der Waals surface area contributed by atoms with Gasteiger partial charge >= 0.3 is 5.97 Å². The maximum atomic E-state index is 11.8. The summed E-state index contributed by atoms with van der Waals surface area (Å²) < 4.78 is 5.21. The van der Waals surface area contributed by atoms with Crippen molar-refractivity contribution in [3.8, 4) is 0 Å². The maximum Gasteiger partial charge on any atom is 0.338 e. The van der Waals surface area contributed by atoms with Gasteiger partial charge in [0.1, 0.15) is 11.9 Å². The van der Waals surface area contributed by atoms with E-state index in [2.05, 4.69) is 0 Å². The molecule has 4 nitrogen and oxygen atoms in total. The normalized spacial score (nSPS) is 11.1. The van der Waals surface area contributed by atoms with Crippen molar-refractivity contribution in [1.82, 2.24) is 0 Å². The van der Waals surface area contributed by atoms with E-state index in [-0.39, 0.29) is 0 Å². The van der Waals surface area contributed by atoms with Gasteiger partial charge in [0.15, 0.2) is 0 Å². The number of rotatable bonds is 2. The molecular formula is C13H17NO3. The number of benzene rings is 1. The highest BCUT2D eigenvalue weighted by atomic mass is 16.6. The van der Waals surface area contributed by atoms with Crippen LogP contribution in [-0.2, 0) is 4.74 Å². The number of esters is 1. The average molecular weight is 235 g/mol. The first-order valence-corrected chi connectivity index (χ1v) is 5.33. The third kappa shape index (κ3) is 3.31. The number of anilines is 1. The number of nitrogens with two attached hydrogens (primary N) is 1. The van der Waals surface area contributed by atoms with Crippen LogP contribution in [0.5, 0.6) is 0 Å². The van der Waals surface area contributed by atoms with Crippen molar-refractivity contribution in [2.75, 3.05) is 5.73 Å². The van der Waals surface area contributed by atoms with E-state index in [0.717, 1.165) is 0 Å². The molecule has 4 heteroatoms. The number of hydrogen-bond acceptors (Lipinski definition) is 4. The van der Waals surface area contributed by atoms with Crippen molar-refractivity contribution in [3.05, 3.63) is 28.8 Å². The van der Waals surface area contributed by atoms with Crippen LogP contribution in [0.15, 0.2) is 12.1 Å². The Balaban J connectivity index is 3.11. The van der Waals surface area contributed by atoms with Crippen LogP contribution < -0.4 is 5.73 Å². The molecule has 0 radical (unpaired) electrons. The van der Waals surface area contributed by atoms with E-state index in [1.165, 1.54) is 12.1 Å². The van der Waals surface area contributed by atoms with Crippen LogP contribution >= 0.6 is 0 Å². The lowest BCUT2D eigenvalue weighted by atomic mass is 10.0. The largest absolute Gasteiger partial charge is 0.456 e. The molecule has 0 aliphatic rings. The molecule has 0 aliphatic carbocycles. The summed E-state index contributed by atoms with van der Waals surface area (Å²) in [5.74, 6) is -0.479. The predicted octanol–water partition coefficient (Wildman–Crippen LogP) is 2.35. The number of hydrogen-bond donors (Lipinski definition) is 1. The summed E-state index contributed by atoms with van der Waals surface area (Å²) in [6.07, 6.45) is 0.680. The summed E-state index contributed by atoms with van der Waals surface area (Å²) in [6.45, 7) is 7.08. The quantitative estimate of drug-likeness (QED) is 0.485. The first-order valence-electron chi connectivity index (χ1n) is 5.33. The van der Waals surface area contributed by atoms with Crippen LogP contribution in [0.1, 0.15) is 47.1 Å². The molecule has 0 spiro atoms. The lowest BCUT2D eigenvalue weighted by Crippen LogP contribution is -2.24. The van der Waals surface area contributed by atoms with Gasteiger partial charge in [0.05, 0.1) is 5.56 Å².